The minimum atomic E-state index is -3.20. The van der Waals surface area contributed by atoms with Gasteiger partial charge in [0.15, 0.2) is 9.84 Å². The number of nitrogens with zero attached hydrogens (tertiary/aromatic N) is 2. The predicted molar refractivity (Wildman–Crippen MR) is 77.5 cm³/mol. The van der Waals surface area contributed by atoms with Crippen molar-refractivity contribution in [3.8, 4) is 10.6 Å². The Morgan fingerprint density at radius 3 is 2.79 bits per heavy atom. The van der Waals surface area contributed by atoms with Crippen LogP contribution in [-0.4, -0.2) is 30.8 Å². The monoisotopic (exact) mass is 316 g/mol. The molecular formula is C12H13ClN2O2S2. The minimum Gasteiger partial charge on any atom is -0.224 e. The smallest absolute Gasteiger partial charge is 0.175 e. The highest BCUT2D eigenvalue weighted by atomic mass is 35.5. The number of aryl methyl sites for hydroxylation is 1. The molecule has 102 valence electrons. The second-order valence-electron chi connectivity index (χ2n) is 4.09. The average molecular weight is 317 g/mol. The van der Waals surface area contributed by atoms with Gasteiger partial charge in [0.05, 0.1) is 4.90 Å². The van der Waals surface area contributed by atoms with Gasteiger partial charge in [-0.05, 0) is 18.6 Å². The van der Waals surface area contributed by atoms with E-state index in [-0.39, 0.29) is 0 Å². The fourth-order valence-corrected chi connectivity index (χ4v) is 3.23. The van der Waals surface area contributed by atoms with Crippen molar-refractivity contribution in [3.63, 3.8) is 0 Å². The van der Waals surface area contributed by atoms with Crippen molar-refractivity contribution in [2.24, 2.45) is 0 Å². The van der Waals surface area contributed by atoms with Crippen molar-refractivity contribution in [2.45, 2.75) is 17.7 Å². The molecule has 4 nitrogen and oxygen atoms in total. The normalized spacial score (nSPS) is 11.7. The maximum absolute atomic E-state index is 11.5. The van der Waals surface area contributed by atoms with Crippen LogP contribution in [0.1, 0.15) is 11.4 Å². The number of aromatic nitrogens is 2. The number of hydrogen-bond acceptors (Lipinski definition) is 5. The number of hydrogen-bond donors (Lipinski definition) is 0. The Labute approximate surface area is 121 Å². The third-order valence-electron chi connectivity index (χ3n) is 2.50. The molecule has 1 aromatic heterocycles. The second-order valence-corrected chi connectivity index (χ2v) is 7.55. The Kier molecular flexibility index (Phi) is 4.54. The topological polar surface area (TPSA) is 59.9 Å². The molecule has 1 aromatic carbocycles. The number of benzene rings is 1. The highest BCUT2D eigenvalue weighted by Crippen LogP contribution is 2.26. The predicted octanol–water partition coefficient (Wildman–Crippen LogP) is 2.78. The maximum atomic E-state index is 11.5. The van der Waals surface area contributed by atoms with Gasteiger partial charge >= 0.3 is 0 Å². The Bertz CT molecular complexity index is 668. The second kappa shape index (κ2) is 5.98. The molecule has 2 aromatic rings. The van der Waals surface area contributed by atoms with E-state index in [0.29, 0.717) is 10.8 Å². The summed E-state index contributed by atoms with van der Waals surface area (Å²) in [5.41, 5.74) is 0.776. The summed E-state index contributed by atoms with van der Waals surface area (Å²) < 4.78 is 23.0. The van der Waals surface area contributed by atoms with Crippen LogP contribution < -0.4 is 0 Å². The van der Waals surface area contributed by atoms with Gasteiger partial charge in [-0.1, -0.05) is 23.5 Å². The van der Waals surface area contributed by atoms with Crippen molar-refractivity contribution >= 4 is 32.8 Å². The van der Waals surface area contributed by atoms with Crippen LogP contribution in [0.15, 0.2) is 29.2 Å². The number of alkyl halides is 1. The quantitative estimate of drug-likeness (QED) is 0.796. The van der Waals surface area contributed by atoms with Gasteiger partial charge in [-0.3, -0.25) is 0 Å². The Hall–Kier alpha value is -0.980. The summed E-state index contributed by atoms with van der Waals surface area (Å²) in [6, 6.07) is 6.75. The highest BCUT2D eigenvalue weighted by molar-refractivity contribution is 7.90. The molecular weight excluding hydrogens is 304 g/mol. The van der Waals surface area contributed by atoms with Crippen molar-refractivity contribution in [1.29, 1.82) is 0 Å². The third kappa shape index (κ3) is 3.75. The van der Waals surface area contributed by atoms with E-state index in [9.17, 15) is 8.42 Å². The zero-order valence-electron chi connectivity index (χ0n) is 10.3. The number of halogens is 1. The SMILES string of the molecule is CS(=O)(=O)c1cccc(-c2nnc(CCCCl)s2)c1. The first-order valence-corrected chi connectivity index (χ1v) is 8.94. The molecule has 0 saturated heterocycles. The van der Waals surface area contributed by atoms with E-state index in [1.165, 1.54) is 17.6 Å². The molecule has 0 aliphatic rings. The molecule has 0 atom stereocenters. The average Bonchev–Trinajstić information content (AvgIpc) is 2.84. The van der Waals surface area contributed by atoms with Gasteiger partial charge < -0.3 is 0 Å². The van der Waals surface area contributed by atoms with Crippen LogP contribution in [0, 0.1) is 0 Å². The van der Waals surface area contributed by atoms with Gasteiger partial charge in [-0.25, -0.2) is 8.42 Å². The largest absolute Gasteiger partial charge is 0.224 e. The molecule has 0 aliphatic heterocycles. The summed E-state index contributed by atoms with van der Waals surface area (Å²) in [6.45, 7) is 0. The van der Waals surface area contributed by atoms with Crippen LogP contribution in [0.4, 0.5) is 0 Å². The third-order valence-corrected chi connectivity index (χ3v) is 4.91. The molecule has 0 aliphatic carbocycles. The van der Waals surface area contributed by atoms with Crippen LogP contribution in [0.3, 0.4) is 0 Å². The van der Waals surface area contributed by atoms with Crippen LogP contribution in [0.5, 0.6) is 0 Å². The molecule has 2 rings (SSSR count). The van der Waals surface area contributed by atoms with Crippen molar-refractivity contribution in [1.82, 2.24) is 10.2 Å². The molecule has 0 saturated carbocycles. The lowest BCUT2D eigenvalue weighted by molar-refractivity contribution is 0.602. The molecule has 19 heavy (non-hydrogen) atoms. The first kappa shape index (κ1) is 14.4. The van der Waals surface area contributed by atoms with Crippen LogP contribution in [0.2, 0.25) is 0 Å². The van der Waals surface area contributed by atoms with E-state index in [2.05, 4.69) is 10.2 Å². The van der Waals surface area contributed by atoms with Crippen LogP contribution in [-0.2, 0) is 16.3 Å². The fourth-order valence-electron chi connectivity index (χ4n) is 1.55. The van der Waals surface area contributed by atoms with Gasteiger partial charge in [0.2, 0.25) is 0 Å². The van der Waals surface area contributed by atoms with Gasteiger partial charge in [-0.2, -0.15) is 0 Å². The lowest BCUT2D eigenvalue weighted by Gasteiger charge is -2.00. The van der Waals surface area contributed by atoms with E-state index in [4.69, 9.17) is 11.6 Å². The van der Waals surface area contributed by atoms with Crippen LogP contribution in [0.25, 0.3) is 10.6 Å². The van der Waals surface area contributed by atoms with E-state index in [1.54, 1.807) is 18.2 Å². The summed E-state index contributed by atoms with van der Waals surface area (Å²) in [7, 11) is -3.20. The van der Waals surface area contributed by atoms with Gasteiger partial charge in [0.25, 0.3) is 0 Å². The zero-order valence-corrected chi connectivity index (χ0v) is 12.7. The summed E-state index contributed by atoms with van der Waals surface area (Å²) in [5.74, 6) is 0.596. The molecule has 0 unspecified atom stereocenters. The first-order chi connectivity index (χ1) is 9.00. The van der Waals surface area contributed by atoms with Gasteiger partial charge in [0.1, 0.15) is 10.0 Å². The summed E-state index contributed by atoms with van der Waals surface area (Å²) >= 11 is 7.11. The van der Waals surface area contributed by atoms with E-state index in [1.807, 2.05) is 6.07 Å². The summed E-state index contributed by atoms with van der Waals surface area (Å²) in [5, 5.41) is 9.82. The van der Waals surface area contributed by atoms with Crippen LogP contribution >= 0.6 is 22.9 Å². The van der Waals surface area contributed by atoms with Crippen molar-refractivity contribution in [2.75, 3.05) is 12.1 Å². The lowest BCUT2D eigenvalue weighted by Crippen LogP contribution is -1.96. The van der Waals surface area contributed by atoms with Gasteiger partial charge in [0, 0.05) is 24.1 Å². The number of rotatable bonds is 5. The summed E-state index contributed by atoms with van der Waals surface area (Å²) in [6.07, 6.45) is 2.85. The lowest BCUT2D eigenvalue weighted by atomic mass is 10.2. The van der Waals surface area contributed by atoms with E-state index >= 15 is 0 Å². The van der Waals surface area contributed by atoms with Crippen molar-refractivity contribution < 1.29 is 8.42 Å². The molecule has 0 fully saturated rings. The van der Waals surface area contributed by atoms with Gasteiger partial charge in [-0.15, -0.1) is 21.8 Å². The Morgan fingerprint density at radius 1 is 1.32 bits per heavy atom. The number of sulfone groups is 1. The van der Waals surface area contributed by atoms with E-state index < -0.39 is 9.84 Å². The highest BCUT2D eigenvalue weighted by Gasteiger charge is 2.11. The van der Waals surface area contributed by atoms with E-state index in [0.717, 1.165) is 28.4 Å². The molecule has 7 heteroatoms. The molecule has 0 bridgehead atoms. The molecule has 1 heterocycles. The fraction of sp³-hybridized carbons (Fsp3) is 0.333. The maximum Gasteiger partial charge on any atom is 0.175 e. The molecule has 0 amide bonds. The van der Waals surface area contributed by atoms with Crippen molar-refractivity contribution in [3.05, 3.63) is 29.3 Å². The molecule has 0 spiro atoms. The Morgan fingerprint density at radius 2 is 2.11 bits per heavy atom. The standard InChI is InChI=1S/C12H13ClN2O2S2/c1-19(16,17)10-5-2-4-9(8-10)12-15-14-11(18-12)6-3-7-13/h2,4-5,8H,3,6-7H2,1H3. The Balaban J connectivity index is 2.29. The summed E-state index contributed by atoms with van der Waals surface area (Å²) in [4.78, 5) is 0.294. The zero-order chi connectivity index (χ0) is 13.9. The first-order valence-electron chi connectivity index (χ1n) is 5.69. The molecule has 0 radical (unpaired) electrons. The minimum absolute atomic E-state index is 0.294. The molecule has 0 N–H and O–H groups in total.